The summed E-state index contributed by atoms with van der Waals surface area (Å²) in [4.78, 5) is 39.6. The number of imide groups is 1. The van der Waals surface area contributed by atoms with E-state index >= 15 is 4.39 Å². The molecule has 2 aromatic rings. The molecule has 0 saturated carbocycles. The minimum atomic E-state index is -3.17. The van der Waals surface area contributed by atoms with Crippen LogP contribution in [0, 0.1) is 5.82 Å². The average Bonchev–Trinajstić information content (AvgIpc) is 3.12. The molecule has 0 aromatic heterocycles. The Morgan fingerprint density at radius 3 is 2.39 bits per heavy atom. The Morgan fingerprint density at radius 1 is 1.05 bits per heavy atom. The first-order valence-corrected chi connectivity index (χ1v) is 13.2. The largest absolute Gasteiger partial charge is 0.391 e. The number of aliphatic hydroxyl groups is 4. The summed E-state index contributed by atoms with van der Waals surface area (Å²) in [5, 5.41) is 48.7. The number of piperidine rings is 1. The van der Waals surface area contributed by atoms with Gasteiger partial charge in [0.15, 0.2) is 7.85 Å². The average molecular weight is 566 g/mol. The smallest absolute Gasteiger partial charge is 0.283 e. The fourth-order valence-electron chi connectivity index (χ4n) is 5.78. The van der Waals surface area contributed by atoms with Gasteiger partial charge in [0.1, 0.15) is 27.1 Å². The van der Waals surface area contributed by atoms with Crippen LogP contribution < -0.4 is 10.6 Å². The lowest BCUT2D eigenvalue weighted by molar-refractivity contribution is -0.302. The second-order valence-electron chi connectivity index (χ2n) is 11.3. The van der Waals surface area contributed by atoms with Crippen molar-refractivity contribution in [2.24, 2.45) is 0 Å². The molecule has 214 valence electrons. The van der Waals surface area contributed by atoms with Crippen molar-refractivity contribution in [3.05, 3.63) is 64.5 Å². The summed E-state index contributed by atoms with van der Waals surface area (Å²) >= 11 is 0. The summed E-state index contributed by atoms with van der Waals surface area (Å²) in [7, 11) is 4.89. The van der Waals surface area contributed by atoms with Gasteiger partial charge in [0.05, 0.1) is 24.3 Å². The second kappa shape index (κ2) is 9.93. The fourth-order valence-corrected chi connectivity index (χ4v) is 5.78. The number of hydrogen-bond donors (Lipinski definition) is 6. The maximum absolute atomic E-state index is 15.3. The number of morpholine rings is 1. The van der Waals surface area contributed by atoms with Crippen LogP contribution in [0.5, 0.6) is 0 Å². The molecule has 2 atom stereocenters. The van der Waals surface area contributed by atoms with E-state index in [-0.39, 0.29) is 33.7 Å². The second-order valence-corrected chi connectivity index (χ2v) is 11.3. The van der Waals surface area contributed by atoms with Gasteiger partial charge in [-0.3, -0.25) is 24.6 Å². The van der Waals surface area contributed by atoms with E-state index in [1.54, 1.807) is 23.5 Å². The molecule has 41 heavy (non-hydrogen) atoms. The third-order valence-electron chi connectivity index (χ3n) is 8.09. The van der Waals surface area contributed by atoms with E-state index in [9.17, 15) is 34.8 Å². The molecule has 2 saturated heterocycles. The van der Waals surface area contributed by atoms with Crippen LogP contribution >= 0.6 is 0 Å². The summed E-state index contributed by atoms with van der Waals surface area (Å²) in [5.74, 6) is -6.74. The predicted molar refractivity (Wildman–Crippen MR) is 150 cm³/mol. The molecule has 3 aliphatic heterocycles. The molecule has 0 radical (unpaired) electrons. The summed E-state index contributed by atoms with van der Waals surface area (Å²) in [6.07, 6.45) is -0.879. The van der Waals surface area contributed by atoms with Crippen molar-refractivity contribution in [3.63, 3.8) is 0 Å². The monoisotopic (exact) mass is 566 g/mol. The van der Waals surface area contributed by atoms with Gasteiger partial charge in [-0.05, 0) is 35.4 Å². The zero-order valence-corrected chi connectivity index (χ0v) is 22.9. The van der Waals surface area contributed by atoms with Crippen LogP contribution in [0.3, 0.4) is 0 Å². The molecule has 2 fully saturated rings. The van der Waals surface area contributed by atoms with Crippen LogP contribution in [0.1, 0.15) is 39.9 Å². The van der Waals surface area contributed by atoms with Crippen molar-refractivity contribution in [2.75, 3.05) is 31.6 Å². The number of halogens is 1. The number of benzene rings is 2. The first-order valence-electron chi connectivity index (χ1n) is 13.2. The summed E-state index contributed by atoms with van der Waals surface area (Å²) in [6, 6.07) is 8.46. The van der Waals surface area contributed by atoms with Gasteiger partial charge in [-0.1, -0.05) is 12.1 Å². The highest BCUT2D eigenvalue weighted by Gasteiger charge is 2.61. The number of ether oxygens (including phenoxy) is 1. The van der Waals surface area contributed by atoms with E-state index in [1.807, 2.05) is 10.2 Å². The Hall–Kier alpha value is -3.27. The van der Waals surface area contributed by atoms with Crippen molar-refractivity contribution in [2.45, 2.75) is 35.4 Å². The summed E-state index contributed by atoms with van der Waals surface area (Å²) in [6.45, 7) is 1.86. The van der Waals surface area contributed by atoms with Crippen LogP contribution in [-0.4, -0.2) is 104 Å². The van der Waals surface area contributed by atoms with Gasteiger partial charge in [-0.25, -0.2) is 9.29 Å². The highest BCUT2D eigenvalue weighted by molar-refractivity contribution is 6.41. The zero-order valence-electron chi connectivity index (χ0n) is 22.9. The van der Waals surface area contributed by atoms with Crippen LogP contribution in [0.25, 0.3) is 0 Å². The Morgan fingerprint density at radius 2 is 1.73 bits per heavy atom. The molecule has 3 heterocycles. The van der Waals surface area contributed by atoms with E-state index in [1.165, 1.54) is 36.4 Å². The van der Waals surface area contributed by atoms with E-state index in [0.29, 0.717) is 31.9 Å². The maximum Gasteiger partial charge on any atom is 0.283 e. The molecular formula is C25H30B3FN4O8. The normalized spacial score (nSPS) is 24.5. The maximum atomic E-state index is 15.3. The predicted octanol–water partition coefficient (Wildman–Crippen LogP) is -3.94. The first kappa shape index (κ1) is 29.2. The SMILES string of the molecule is BC(B)(Nc1cccc2c1C(O)(O)N(C1(O)CCC(=O)NC1=O)C2=O)c1cc(C(B)(O)N2CCOCC2)ccc1F. The van der Waals surface area contributed by atoms with Crippen LogP contribution in [0.4, 0.5) is 10.1 Å². The molecule has 0 spiro atoms. The number of anilines is 1. The van der Waals surface area contributed by atoms with Gasteiger partial charge in [0.25, 0.3) is 17.7 Å². The topological polar surface area (TPSA) is 172 Å². The highest BCUT2D eigenvalue weighted by atomic mass is 19.1. The standard InChI is InChI=1S/C25H30B3FN4O8/c26-23(27,15-12-13(4-5-16(15)29)24(28,38)32-8-10-41-11-9-32)31-17-3-1-2-14-19(17)25(39,40)33(20(14)35)22(37)7-6-18(34)30-21(22)36/h1-5,12,31,37-40H,6-11,26-28H2,(H,30,34,36). The Balaban J connectivity index is 1.51. The molecule has 2 unspecified atom stereocenters. The number of amides is 3. The number of hydrogen-bond acceptors (Lipinski definition) is 10. The van der Waals surface area contributed by atoms with Crippen LogP contribution in [0.15, 0.2) is 36.4 Å². The lowest BCUT2D eigenvalue weighted by Crippen LogP contribution is -2.67. The van der Waals surface area contributed by atoms with Crippen molar-refractivity contribution >= 4 is 46.9 Å². The third kappa shape index (κ3) is 4.74. The number of nitrogens with zero attached hydrogens (tertiary/aromatic N) is 2. The summed E-state index contributed by atoms with van der Waals surface area (Å²) < 4.78 is 20.7. The number of nitrogens with one attached hydrogen (secondary N) is 2. The van der Waals surface area contributed by atoms with Gasteiger partial charge < -0.3 is 30.5 Å². The van der Waals surface area contributed by atoms with E-state index in [4.69, 9.17) is 4.74 Å². The minimum Gasteiger partial charge on any atom is -0.391 e. The zero-order chi connectivity index (χ0) is 30.0. The Bertz CT molecular complexity index is 1440. The van der Waals surface area contributed by atoms with Gasteiger partial charge in [0.2, 0.25) is 11.6 Å². The van der Waals surface area contributed by atoms with Crippen molar-refractivity contribution in [1.82, 2.24) is 15.1 Å². The lowest BCUT2D eigenvalue weighted by atomic mass is 9.57. The van der Waals surface area contributed by atoms with Crippen LogP contribution in [-0.2, 0) is 31.2 Å². The van der Waals surface area contributed by atoms with Gasteiger partial charge in [-0.2, -0.15) is 0 Å². The molecule has 5 rings (SSSR count). The third-order valence-corrected chi connectivity index (χ3v) is 8.09. The van der Waals surface area contributed by atoms with Crippen LogP contribution in [0.2, 0.25) is 0 Å². The van der Waals surface area contributed by atoms with Gasteiger partial charge >= 0.3 is 0 Å². The van der Waals surface area contributed by atoms with E-state index in [0.717, 1.165) is 0 Å². The highest BCUT2D eigenvalue weighted by Crippen LogP contribution is 2.45. The number of fused-ring (bicyclic) bond motifs is 1. The first-order chi connectivity index (χ1) is 19.1. The lowest BCUT2D eigenvalue weighted by Gasteiger charge is -2.43. The van der Waals surface area contributed by atoms with E-state index < -0.39 is 52.6 Å². The molecule has 0 aliphatic carbocycles. The molecular weight excluding hydrogens is 536 g/mol. The minimum absolute atomic E-state index is 0.0222. The molecule has 2 aromatic carbocycles. The number of carbonyl (C=O) groups is 3. The number of carbonyl (C=O) groups excluding carboxylic acids is 3. The van der Waals surface area contributed by atoms with Crippen molar-refractivity contribution in [3.8, 4) is 0 Å². The molecule has 6 N–H and O–H groups in total. The van der Waals surface area contributed by atoms with Gasteiger partial charge in [0, 0.05) is 37.0 Å². The number of rotatable bonds is 6. The Kier molecular flexibility index (Phi) is 7.08. The van der Waals surface area contributed by atoms with Crippen molar-refractivity contribution in [1.29, 1.82) is 0 Å². The fraction of sp³-hybridized carbons (Fsp3) is 0.400. The Labute approximate surface area is 237 Å². The quantitative estimate of drug-likeness (QED) is 0.115. The van der Waals surface area contributed by atoms with Gasteiger partial charge in [-0.15, -0.1) is 0 Å². The molecule has 16 heteroatoms. The molecule has 3 amide bonds. The molecule has 0 bridgehead atoms. The molecule has 3 aliphatic rings. The van der Waals surface area contributed by atoms with Crippen molar-refractivity contribution < 1.29 is 43.9 Å². The van der Waals surface area contributed by atoms with E-state index in [2.05, 4.69) is 5.32 Å². The summed E-state index contributed by atoms with van der Waals surface area (Å²) in [5.41, 5.74) is -4.10. The molecule has 12 nitrogen and oxygen atoms in total.